The maximum absolute atomic E-state index is 12.7. The summed E-state index contributed by atoms with van der Waals surface area (Å²) in [5.41, 5.74) is 1.14. The molecule has 104 valence electrons. The zero-order valence-corrected chi connectivity index (χ0v) is 11.8. The van der Waals surface area contributed by atoms with Gasteiger partial charge in [-0.25, -0.2) is 4.39 Å². The van der Waals surface area contributed by atoms with Crippen LogP contribution in [-0.4, -0.2) is 12.5 Å². The van der Waals surface area contributed by atoms with Crippen LogP contribution in [0.15, 0.2) is 42.5 Å². The summed E-state index contributed by atoms with van der Waals surface area (Å²) in [4.78, 5) is 11.8. The van der Waals surface area contributed by atoms with Gasteiger partial charge < -0.3 is 10.6 Å². The Balaban J connectivity index is 1.90. The van der Waals surface area contributed by atoms with Gasteiger partial charge in [-0.2, -0.15) is 0 Å². The van der Waals surface area contributed by atoms with Crippen molar-refractivity contribution in [2.45, 2.75) is 0 Å². The Bertz CT molecular complexity index is 617. The first-order valence-electron chi connectivity index (χ1n) is 5.79. The van der Waals surface area contributed by atoms with Crippen molar-refractivity contribution < 1.29 is 9.18 Å². The highest BCUT2D eigenvalue weighted by Gasteiger charge is 2.06. The van der Waals surface area contributed by atoms with Crippen LogP contribution in [0.25, 0.3) is 0 Å². The zero-order chi connectivity index (χ0) is 14.5. The number of carbonyl (C=O) groups is 1. The molecule has 0 aliphatic heterocycles. The van der Waals surface area contributed by atoms with Crippen LogP contribution in [0.5, 0.6) is 0 Å². The topological polar surface area (TPSA) is 41.1 Å². The monoisotopic (exact) mass is 312 g/mol. The highest BCUT2D eigenvalue weighted by Crippen LogP contribution is 2.25. The Morgan fingerprint density at radius 3 is 2.45 bits per heavy atom. The summed E-state index contributed by atoms with van der Waals surface area (Å²) in [5.74, 6) is -0.591. The minimum absolute atomic E-state index is 0.0462. The number of benzene rings is 2. The van der Waals surface area contributed by atoms with E-state index in [0.717, 1.165) is 0 Å². The van der Waals surface area contributed by atoms with Gasteiger partial charge in [0.25, 0.3) is 0 Å². The van der Waals surface area contributed by atoms with Gasteiger partial charge in [0.1, 0.15) is 5.82 Å². The lowest BCUT2D eigenvalue weighted by Gasteiger charge is -2.09. The van der Waals surface area contributed by atoms with Crippen LogP contribution in [-0.2, 0) is 4.79 Å². The van der Waals surface area contributed by atoms with Crippen LogP contribution in [0.3, 0.4) is 0 Å². The van der Waals surface area contributed by atoms with Crippen molar-refractivity contribution in [1.29, 1.82) is 0 Å². The number of anilines is 2. The van der Waals surface area contributed by atoms with Gasteiger partial charge in [0.05, 0.1) is 17.3 Å². The lowest BCUT2D eigenvalue weighted by atomic mass is 10.3. The summed E-state index contributed by atoms with van der Waals surface area (Å²) in [6, 6.07) is 10.5. The van der Waals surface area contributed by atoms with Gasteiger partial charge in [-0.1, -0.05) is 23.2 Å². The molecule has 0 aliphatic rings. The third-order valence-electron chi connectivity index (χ3n) is 2.50. The largest absolute Gasteiger partial charge is 0.376 e. The third kappa shape index (κ3) is 4.11. The molecule has 0 radical (unpaired) electrons. The van der Waals surface area contributed by atoms with Crippen molar-refractivity contribution in [3.8, 4) is 0 Å². The lowest BCUT2D eigenvalue weighted by molar-refractivity contribution is -0.114. The van der Waals surface area contributed by atoms with Gasteiger partial charge >= 0.3 is 0 Å². The molecule has 3 nitrogen and oxygen atoms in total. The smallest absolute Gasteiger partial charge is 0.243 e. The molecule has 0 atom stereocenters. The Morgan fingerprint density at radius 1 is 1.10 bits per heavy atom. The Labute approximate surface area is 125 Å². The highest BCUT2D eigenvalue weighted by molar-refractivity contribution is 6.36. The van der Waals surface area contributed by atoms with Gasteiger partial charge in [0.15, 0.2) is 0 Å². The van der Waals surface area contributed by atoms with Crippen molar-refractivity contribution in [3.05, 3.63) is 58.3 Å². The average Bonchev–Trinajstić information content (AvgIpc) is 2.41. The van der Waals surface area contributed by atoms with E-state index in [1.807, 2.05) is 0 Å². The normalized spacial score (nSPS) is 10.2. The van der Waals surface area contributed by atoms with Crippen molar-refractivity contribution in [2.75, 3.05) is 17.2 Å². The molecule has 0 saturated carbocycles. The SMILES string of the molecule is O=C(CNc1ccc(F)cc1)Nc1ccc(Cl)cc1Cl. The van der Waals surface area contributed by atoms with Crippen LogP contribution >= 0.6 is 23.2 Å². The Morgan fingerprint density at radius 2 is 1.80 bits per heavy atom. The van der Waals surface area contributed by atoms with E-state index >= 15 is 0 Å². The van der Waals surface area contributed by atoms with Gasteiger partial charge in [-0.3, -0.25) is 4.79 Å². The van der Waals surface area contributed by atoms with E-state index in [9.17, 15) is 9.18 Å². The predicted molar refractivity (Wildman–Crippen MR) is 80.0 cm³/mol. The van der Waals surface area contributed by atoms with Crippen molar-refractivity contribution in [1.82, 2.24) is 0 Å². The van der Waals surface area contributed by atoms with E-state index in [0.29, 0.717) is 21.4 Å². The average molecular weight is 313 g/mol. The summed E-state index contributed by atoms with van der Waals surface area (Å²) in [6.07, 6.45) is 0. The molecule has 0 fully saturated rings. The first-order valence-corrected chi connectivity index (χ1v) is 6.54. The van der Waals surface area contributed by atoms with Crippen LogP contribution < -0.4 is 10.6 Å². The fourth-order valence-electron chi connectivity index (χ4n) is 1.54. The molecule has 2 aromatic rings. The number of amides is 1. The fourth-order valence-corrected chi connectivity index (χ4v) is 1.99. The molecule has 0 heterocycles. The Kier molecular flexibility index (Phi) is 4.82. The molecule has 2 N–H and O–H groups in total. The molecule has 0 saturated heterocycles. The molecule has 0 aromatic heterocycles. The minimum Gasteiger partial charge on any atom is -0.376 e. The second-order valence-electron chi connectivity index (χ2n) is 4.03. The minimum atomic E-state index is -0.326. The summed E-state index contributed by atoms with van der Waals surface area (Å²) in [7, 11) is 0. The lowest BCUT2D eigenvalue weighted by Crippen LogP contribution is -2.21. The molecule has 6 heteroatoms. The summed E-state index contributed by atoms with van der Waals surface area (Å²) < 4.78 is 12.7. The number of nitrogens with one attached hydrogen (secondary N) is 2. The Hall–Kier alpha value is -1.78. The molecule has 0 bridgehead atoms. The quantitative estimate of drug-likeness (QED) is 0.889. The summed E-state index contributed by atoms with van der Waals surface area (Å²) >= 11 is 11.7. The van der Waals surface area contributed by atoms with Gasteiger partial charge in [0.2, 0.25) is 5.91 Å². The molecule has 0 spiro atoms. The summed E-state index contributed by atoms with van der Waals surface area (Å²) in [5, 5.41) is 6.39. The first-order chi connectivity index (χ1) is 9.54. The number of hydrogen-bond acceptors (Lipinski definition) is 2. The van der Waals surface area contributed by atoms with E-state index in [-0.39, 0.29) is 18.3 Å². The highest BCUT2D eigenvalue weighted by atomic mass is 35.5. The number of rotatable bonds is 4. The number of hydrogen-bond donors (Lipinski definition) is 2. The van der Waals surface area contributed by atoms with Crippen molar-refractivity contribution >= 4 is 40.5 Å². The summed E-state index contributed by atoms with van der Waals surface area (Å²) in [6.45, 7) is 0.0462. The second-order valence-corrected chi connectivity index (χ2v) is 4.88. The standard InChI is InChI=1S/C14H11Cl2FN2O/c15-9-1-6-13(12(16)7-9)19-14(20)8-18-11-4-2-10(17)3-5-11/h1-7,18H,8H2,(H,19,20). The predicted octanol–water partition coefficient (Wildman–Crippen LogP) is 4.18. The van der Waals surface area contributed by atoms with Crippen LogP contribution in [0.2, 0.25) is 10.0 Å². The number of carbonyl (C=O) groups excluding carboxylic acids is 1. The van der Waals surface area contributed by atoms with E-state index in [1.54, 1.807) is 30.3 Å². The maximum atomic E-state index is 12.7. The molecule has 2 rings (SSSR count). The molecule has 1 amide bonds. The van der Waals surface area contributed by atoms with Gasteiger partial charge in [-0.15, -0.1) is 0 Å². The maximum Gasteiger partial charge on any atom is 0.243 e. The molecule has 0 unspecified atom stereocenters. The zero-order valence-electron chi connectivity index (χ0n) is 10.3. The molecule has 2 aromatic carbocycles. The molecular formula is C14H11Cl2FN2O. The van der Waals surface area contributed by atoms with Crippen molar-refractivity contribution in [3.63, 3.8) is 0 Å². The van der Waals surface area contributed by atoms with E-state index in [4.69, 9.17) is 23.2 Å². The van der Waals surface area contributed by atoms with Gasteiger partial charge in [0, 0.05) is 10.7 Å². The van der Waals surface area contributed by atoms with Crippen LogP contribution in [0, 0.1) is 5.82 Å². The van der Waals surface area contributed by atoms with E-state index in [1.165, 1.54) is 12.1 Å². The van der Waals surface area contributed by atoms with Crippen LogP contribution in [0.1, 0.15) is 0 Å². The first kappa shape index (κ1) is 14.6. The third-order valence-corrected chi connectivity index (χ3v) is 3.05. The fraction of sp³-hybridized carbons (Fsp3) is 0.0714. The van der Waals surface area contributed by atoms with Crippen LogP contribution in [0.4, 0.5) is 15.8 Å². The second kappa shape index (κ2) is 6.59. The van der Waals surface area contributed by atoms with E-state index in [2.05, 4.69) is 10.6 Å². The van der Waals surface area contributed by atoms with E-state index < -0.39 is 0 Å². The molecule has 20 heavy (non-hydrogen) atoms. The van der Waals surface area contributed by atoms with Crippen molar-refractivity contribution in [2.24, 2.45) is 0 Å². The molecule has 0 aliphatic carbocycles. The molecular weight excluding hydrogens is 302 g/mol. The number of halogens is 3. The van der Waals surface area contributed by atoms with Gasteiger partial charge in [-0.05, 0) is 42.5 Å².